The van der Waals surface area contributed by atoms with E-state index in [2.05, 4.69) is 16.2 Å². The predicted octanol–water partition coefficient (Wildman–Crippen LogP) is 2.61. The number of rotatable bonds is 4. The standard InChI is InChI=1S/C19H15N3O4/c23-17(13-6-2-1-3-7-13)21-22-18(24)14-8-4-9-15(12-14)20-19(25)16-10-5-11-26-16/h1-12H,(H,20,25)(H,21,23)(H,22,24). The van der Waals surface area contributed by atoms with Crippen molar-refractivity contribution in [1.82, 2.24) is 10.9 Å². The minimum Gasteiger partial charge on any atom is -0.459 e. The highest BCUT2D eigenvalue weighted by Crippen LogP contribution is 2.12. The first-order chi connectivity index (χ1) is 12.6. The van der Waals surface area contributed by atoms with Gasteiger partial charge >= 0.3 is 0 Å². The van der Waals surface area contributed by atoms with E-state index in [0.717, 1.165) is 0 Å². The van der Waals surface area contributed by atoms with Crippen molar-refractivity contribution in [2.24, 2.45) is 0 Å². The summed E-state index contributed by atoms with van der Waals surface area (Å²) in [7, 11) is 0. The minimum atomic E-state index is -0.511. The van der Waals surface area contributed by atoms with E-state index in [4.69, 9.17) is 4.42 Å². The van der Waals surface area contributed by atoms with Gasteiger partial charge in [-0.3, -0.25) is 25.2 Å². The van der Waals surface area contributed by atoms with Crippen LogP contribution in [0.15, 0.2) is 77.4 Å². The van der Waals surface area contributed by atoms with Crippen molar-refractivity contribution in [3.63, 3.8) is 0 Å². The van der Waals surface area contributed by atoms with Crippen LogP contribution in [0.5, 0.6) is 0 Å². The van der Waals surface area contributed by atoms with E-state index in [1.165, 1.54) is 18.4 Å². The van der Waals surface area contributed by atoms with Gasteiger partial charge in [-0.2, -0.15) is 0 Å². The topological polar surface area (TPSA) is 100 Å². The molecule has 0 radical (unpaired) electrons. The lowest BCUT2D eigenvalue weighted by molar-refractivity contribution is 0.0846. The minimum absolute atomic E-state index is 0.162. The molecule has 7 heteroatoms. The van der Waals surface area contributed by atoms with Crippen molar-refractivity contribution < 1.29 is 18.8 Å². The fourth-order valence-electron chi connectivity index (χ4n) is 2.19. The van der Waals surface area contributed by atoms with Crippen LogP contribution in [0.25, 0.3) is 0 Å². The van der Waals surface area contributed by atoms with Crippen LogP contribution in [0.3, 0.4) is 0 Å². The lowest BCUT2D eigenvalue weighted by atomic mass is 10.2. The van der Waals surface area contributed by atoms with Crippen LogP contribution in [-0.4, -0.2) is 17.7 Å². The van der Waals surface area contributed by atoms with Crippen LogP contribution in [0.2, 0.25) is 0 Å². The van der Waals surface area contributed by atoms with Gasteiger partial charge in [-0.1, -0.05) is 24.3 Å². The summed E-state index contributed by atoms with van der Waals surface area (Å²) >= 11 is 0. The van der Waals surface area contributed by atoms with E-state index >= 15 is 0 Å². The van der Waals surface area contributed by atoms with Crippen LogP contribution >= 0.6 is 0 Å². The number of carbonyl (C=O) groups is 3. The first kappa shape index (κ1) is 17.0. The number of benzene rings is 2. The first-order valence-electron chi connectivity index (χ1n) is 7.74. The molecule has 3 amide bonds. The summed E-state index contributed by atoms with van der Waals surface area (Å²) in [5, 5.41) is 2.63. The average Bonchev–Trinajstić information content (AvgIpc) is 3.22. The molecule has 130 valence electrons. The van der Waals surface area contributed by atoms with E-state index in [9.17, 15) is 14.4 Å². The first-order valence-corrected chi connectivity index (χ1v) is 7.74. The third-order valence-electron chi connectivity index (χ3n) is 3.45. The van der Waals surface area contributed by atoms with E-state index in [0.29, 0.717) is 11.3 Å². The molecule has 0 atom stereocenters. The third kappa shape index (κ3) is 4.15. The maximum atomic E-state index is 12.2. The molecule has 1 aromatic heterocycles. The molecular formula is C19H15N3O4. The molecule has 2 aromatic carbocycles. The van der Waals surface area contributed by atoms with Gasteiger partial charge in [0.1, 0.15) is 0 Å². The maximum Gasteiger partial charge on any atom is 0.291 e. The normalized spacial score (nSPS) is 10.0. The molecule has 0 unspecified atom stereocenters. The van der Waals surface area contributed by atoms with Gasteiger partial charge in [0.2, 0.25) is 0 Å². The molecule has 0 saturated heterocycles. The number of nitrogens with one attached hydrogen (secondary N) is 3. The van der Waals surface area contributed by atoms with Gasteiger partial charge in [0, 0.05) is 16.8 Å². The van der Waals surface area contributed by atoms with Gasteiger partial charge < -0.3 is 9.73 Å². The monoisotopic (exact) mass is 349 g/mol. The van der Waals surface area contributed by atoms with E-state index < -0.39 is 17.7 Å². The Morgan fingerprint density at radius 1 is 0.692 bits per heavy atom. The largest absolute Gasteiger partial charge is 0.459 e. The van der Waals surface area contributed by atoms with Crippen molar-refractivity contribution >= 4 is 23.4 Å². The van der Waals surface area contributed by atoms with Gasteiger partial charge in [0.05, 0.1) is 6.26 Å². The Hall–Kier alpha value is -3.87. The van der Waals surface area contributed by atoms with Gasteiger partial charge in [0.15, 0.2) is 5.76 Å². The third-order valence-corrected chi connectivity index (χ3v) is 3.45. The molecule has 0 saturated carbocycles. The summed E-state index contributed by atoms with van der Waals surface area (Å²) in [4.78, 5) is 36.1. The molecular weight excluding hydrogens is 334 g/mol. The zero-order valence-corrected chi connectivity index (χ0v) is 13.6. The molecule has 0 bridgehead atoms. The molecule has 0 aliphatic carbocycles. The van der Waals surface area contributed by atoms with Crippen LogP contribution in [0, 0.1) is 0 Å². The Kier molecular flexibility index (Phi) is 5.09. The van der Waals surface area contributed by atoms with Crippen molar-refractivity contribution in [3.05, 3.63) is 89.9 Å². The molecule has 7 nitrogen and oxygen atoms in total. The average molecular weight is 349 g/mol. The molecule has 26 heavy (non-hydrogen) atoms. The van der Waals surface area contributed by atoms with Crippen molar-refractivity contribution in [1.29, 1.82) is 0 Å². The van der Waals surface area contributed by atoms with E-state index in [1.54, 1.807) is 54.6 Å². The number of hydrogen-bond donors (Lipinski definition) is 3. The highest BCUT2D eigenvalue weighted by atomic mass is 16.3. The second-order valence-electron chi connectivity index (χ2n) is 5.29. The summed E-state index contributed by atoms with van der Waals surface area (Å²) in [6.45, 7) is 0. The Bertz CT molecular complexity index is 921. The lowest BCUT2D eigenvalue weighted by Crippen LogP contribution is -2.41. The van der Waals surface area contributed by atoms with Gasteiger partial charge in [0.25, 0.3) is 17.7 Å². The fourth-order valence-corrected chi connectivity index (χ4v) is 2.19. The molecule has 0 aliphatic rings. The Morgan fingerprint density at radius 2 is 1.38 bits per heavy atom. The van der Waals surface area contributed by atoms with Gasteiger partial charge in [-0.15, -0.1) is 0 Å². The van der Waals surface area contributed by atoms with Crippen molar-refractivity contribution in [3.8, 4) is 0 Å². The Labute approximate surface area is 149 Å². The predicted molar refractivity (Wildman–Crippen MR) is 94.5 cm³/mol. The molecule has 0 aliphatic heterocycles. The number of anilines is 1. The van der Waals surface area contributed by atoms with Crippen LogP contribution < -0.4 is 16.2 Å². The molecule has 1 heterocycles. The molecule has 3 rings (SSSR count). The number of hydrogen-bond acceptors (Lipinski definition) is 4. The molecule has 3 N–H and O–H groups in total. The van der Waals surface area contributed by atoms with Crippen LogP contribution in [0.1, 0.15) is 31.3 Å². The second-order valence-corrected chi connectivity index (χ2v) is 5.29. The van der Waals surface area contributed by atoms with Crippen LogP contribution in [-0.2, 0) is 0 Å². The van der Waals surface area contributed by atoms with E-state index in [1.807, 2.05) is 0 Å². The van der Waals surface area contributed by atoms with Gasteiger partial charge in [-0.05, 0) is 42.5 Å². The second kappa shape index (κ2) is 7.80. The molecule has 0 fully saturated rings. The molecule has 0 spiro atoms. The zero-order valence-electron chi connectivity index (χ0n) is 13.6. The summed E-state index contributed by atoms with van der Waals surface area (Å²) in [6, 6.07) is 17.9. The van der Waals surface area contributed by atoms with Crippen LogP contribution in [0.4, 0.5) is 5.69 Å². The maximum absolute atomic E-state index is 12.2. The summed E-state index contributed by atoms with van der Waals surface area (Å²) < 4.78 is 5.01. The quantitative estimate of drug-likeness (QED) is 0.630. The highest BCUT2D eigenvalue weighted by Gasteiger charge is 2.12. The highest BCUT2D eigenvalue weighted by molar-refractivity contribution is 6.03. The summed E-state index contributed by atoms with van der Waals surface area (Å²) in [5.41, 5.74) is 5.80. The number of carbonyl (C=O) groups excluding carboxylic acids is 3. The SMILES string of the molecule is O=C(NNC(=O)c1cccc(NC(=O)c2ccco2)c1)c1ccccc1. The Balaban J connectivity index is 1.61. The number of hydrazine groups is 1. The van der Waals surface area contributed by atoms with E-state index in [-0.39, 0.29) is 11.3 Å². The lowest BCUT2D eigenvalue weighted by Gasteiger charge is -2.09. The zero-order chi connectivity index (χ0) is 18.4. The number of furan rings is 1. The van der Waals surface area contributed by atoms with Crippen molar-refractivity contribution in [2.75, 3.05) is 5.32 Å². The summed E-state index contributed by atoms with van der Waals surface area (Å²) in [6.07, 6.45) is 1.40. The summed E-state index contributed by atoms with van der Waals surface area (Å²) in [5.74, 6) is -1.20. The number of amides is 3. The smallest absolute Gasteiger partial charge is 0.291 e. The van der Waals surface area contributed by atoms with Crippen molar-refractivity contribution in [2.45, 2.75) is 0 Å². The molecule has 3 aromatic rings. The van der Waals surface area contributed by atoms with Gasteiger partial charge in [-0.25, -0.2) is 0 Å². The Morgan fingerprint density at radius 3 is 2.08 bits per heavy atom. The fraction of sp³-hybridized carbons (Fsp3) is 0.